The Bertz CT molecular complexity index is 314. The van der Waals surface area contributed by atoms with Gasteiger partial charge in [0, 0.05) is 6.61 Å². The summed E-state index contributed by atoms with van der Waals surface area (Å²) in [6.07, 6.45) is 0.839. The molecule has 0 amide bonds. The van der Waals surface area contributed by atoms with Crippen molar-refractivity contribution in [2.24, 2.45) is 11.7 Å². The number of nitrogens with zero attached hydrogens (tertiary/aromatic N) is 2. The molecule has 1 unspecified atom stereocenters. The summed E-state index contributed by atoms with van der Waals surface area (Å²) >= 11 is 0. The smallest absolute Gasteiger partial charge is 0.243 e. The third-order valence-corrected chi connectivity index (χ3v) is 2.78. The van der Waals surface area contributed by atoms with E-state index in [1.807, 2.05) is 13.8 Å². The van der Waals surface area contributed by atoms with E-state index in [1.54, 1.807) is 0 Å². The number of hydrogen-bond donors (Lipinski definition) is 1. The van der Waals surface area contributed by atoms with Gasteiger partial charge in [-0.1, -0.05) is 25.4 Å². The van der Waals surface area contributed by atoms with Gasteiger partial charge < -0.3 is 15.0 Å². The van der Waals surface area contributed by atoms with E-state index in [0.717, 1.165) is 6.42 Å². The van der Waals surface area contributed by atoms with Crippen molar-refractivity contribution in [3.8, 4) is 0 Å². The Balaban J connectivity index is 2.70. The van der Waals surface area contributed by atoms with Gasteiger partial charge in [-0.05, 0) is 19.8 Å². The van der Waals surface area contributed by atoms with Crippen LogP contribution in [-0.2, 0) is 4.74 Å². The number of rotatable bonds is 6. The van der Waals surface area contributed by atoms with Crippen LogP contribution in [0.2, 0.25) is 0 Å². The van der Waals surface area contributed by atoms with Gasteiger partial charge in [-0.25, -0.2) is 0 Å². The Kier molecular flexibility index (Phi) is 4.89. The van der Waals surface area contributed by atoms with Crippen molar-refractivity contribution in [2.75, 3.05) is 6.61 Å². The zero-order valence-corrected chi connectivity index (χ0v) is 10.4. The fraction of sp³-hybridized carbons (Fsp3) is 0.818. The highest BCUT2D eigenvalue weighted by Crippen LogP contribution is 2.22. The van der Waals surface area contributed by atoms with Crippen molar-refractivity contribution in [1.29, 1.82) is 0 Å². The first kappa shape index (κ1) is 13.1. The van der Waals surface area contributed by atoms with Gasteiger partial charge in [0.1, 0.15) is 6.10 Å². The molecule has 0 saturated carbocycles. The van der Waals surface area contributed by atoms with Gasteiger partial charge >= 0.3 is 0 Å². The Labute approximate surface area is 96.4 Å². The molecule has 1 aromatic heterocycles. The molecule has 2 N–H and O–H groups in total. The van der Waals surface area contributed by atoms with Crippen LogP contribution in [0.4, 0.5) is 0 Å². The summed E-state index contributed by atoms with van der Waals surface area (Å²) in [6, 6.07) is -0.194. The van der Waals surface area contributed by atoms with E-state index in [-0.39, 0.29) is 12.1 Å². The van der Waals surface area contributed by atoms with E-state index in [0.29, 0.717) is 24.2 Å². The highest BCUT2D eigenvalue weighted by atomic mass is 16.5. The predicted molar refractivity (Wildman–Crippen MR) is 60.7 cm³/mol. The molecular weight excluding hydrogens is 206 g/mol. The topological polar surface area (TPSA) is 74.2 Å². The summed E-state index contributed by atoms with van der Waals surface area (Å²) in [6.45, 7) is 8.61. The number of hydrogen-bond acceptors (Lipinski definition) is 5. The summed E-state index contributed by atoms with van der Waals surface area (Å²) in [7, 11) is 0. The first-order chi connectivity index (χ1) is 7.60. The zero-order valence-electron chi connectivity index (χ0n) is 10.4. The molecule has 0 fully saturated rings. The maximum absolute atomic E-state index is 6.00. The molecule has 0 radical (unpaired) electrons. The number of nitrogens with two attached hydrogens (primary N) is 1. The number of aromatic nitrogens is 2. The molecule has 0 spiro atoms. The molecule has 5 nitrogen and oxygen atoms in total. The SMILES string of the molecule is CCOC(C)c1noc([C@@H](N)[C@@H](C)CC)n1. The first-order valence-corrected chi connectivity index (χ1v) is 5.80. The minimum Gasteiger partial charge on any atom is -0.371 e. The lowest BCUT2D eigenvalue weighted by Gasteiger charge is -2.13. The molecule has 0 saturated heterocycles. The van der Waals surface area contributed by atoms with Gasteiger partial charge in [-0.2, -0.15) is 4.98 Å². The summed E-state index contributed by atoms with van der Waals surface area (Å²) in [5.74, 6) is 1.39. The molecule has 0 bridgehead atoms. The van der Waals surface area contributed by atoms with Crippen LogP contribution >= 0.6 is 0 Å². The van der Waals surface area contributed by atoms with Crippen LogP contribution in [0.15, 0.2) is 4.52 Å². The lowest BCUT2D eigenvalue weighted by atomic mass is 10.0. The third-order valence-electron chi connectivity index (χ3n) is 2.78. The average molecular weight is 227 g/mol. The van der Waals surface area contributed by atoms with E-state index >= 15 is 0 Å². The van der Waals surface area contributed by atoms with Gasteiger partial charge in [-0.3, -0.25) is 0 Å². The van der Waals surface area contributed by atoms with Gasteiger partial charge in [0.25, 0.3) is 0 Å². The van der Waals surface area contributed by atoms with Crippen LogP contribution in [-0.4, -0.2) is 16.7 Å². The minimum absolute atomic E-state index is 0.147. The Morgan fingerprint density at radius 2 is 2.06 bits per heavy atom. The van der Waals surface area contributed by atoms with E-state index in [9.17, 15) is 0 Å². The molecule has 92 valence electrons. The van der Waals surface area contributed by atoms with Crippen molar-refractivity contribution < 1.29 is 9.26 Å². The summed E-state index contributed by atoms with van der Waals surface area (Å²) in [5, 5.41) is 3.88. The van der Waals surface area contributed by atoms with Crippen LogP contribution in [0.25, 0.3) is 0 Å². The molecule has 1 aromatic rings. The Hall–Kier alpha value is -0.940. The second-order valence-electron chi connectivity index (χ2n) is 4.00. The fourth-order valence-corrected chi connectivity index (χ4v) is 1.37. The third kappa shape index (κ3) is 3.02. The first-order valence-electron chi connectivity index (χ1n) is 5.80. The second kappa shape index (κ2) is 5.96. The number of ether oxygens (including phenoxy) is 1. The maximum Gasteiger partial charge on any atom is 0.243 e. The van der Waals surface area contributed by atoms with Crippen molar-refractivity contribution in [3.63, 3.8) is 0 Å². The maximum atomic E-state index is 6.00. The summed E-state index contributed by atoms with van der Waals surface area (Å²) < 4.78 is 10.5. The molecule has 3 atom stereocenters. The molecular formula is C11H21N3O2. The van der Waals surface area contributed by atoms with Gasteiger partial charge in [0.2, 0.25) is 5.89 Å². The normalized spacial score (nSPS) is 17.1. The summed E-state index contributed by atoms with van der Waals surface area (Å²) in [4.78, 5) is 4.27. The van der Waals surface area contributed by atoms with Crippen molar-refractivity contribution in [1.82, 2.24) is 10.1 Å². The monoisotopic (exact) mass is 227 g/mol. The average Bonchev–Trinajstić information content (AvgIpc) is 2.76. The molecule has 5 heteroatoms. The molecule has 0 aliphatic rings. The van der Waals surface area contributed by atoms with E-state index in [2.05, 4.69) is 24.0 Å². The van der Waals surface area contributed by atoms with Gasteiger partial charge in [0.15, 0.2) is 5.82 Å². The second-order valence-corrected chi connectivity index (χ2v) is 4.00. The molecule has 1 rings (SSSR count). The minimum atomic E-state index is -0.194. The zero-order chi connectivity index (χ0) is 12.1. The van der Waals surface area contributed by atoms with Crippen LogP contribution < -0.4 is 5.73 Å². The molecule has 1 heterocycles. The quantitative estimate of drug-likeness (QED) is 0.806. The van der Waals surface area contributed by atoms with Crippen LogP contribution in [0.3, 0.4) is 0 Å². The lowest BCUT2D eigenvalue weighted by molar-refractivity contribution is 0.0683. The van der Waals surface area contributed by atoms with E-state index in [1.165, 1.54) is 0 Å². The molecule has 0 aliphatic heterocycles. The van der Waals surface area contributed by atoms with Crippen molar-refractivity contribution in [3.05, 3.63) is 11.7 Å². The highest BCUT2D eigenvalue weighted by molar-refractivity contribution is 4.95. The largest absolute Gasteiger partial charge is 0.371 e. The van der Waals surface area contributed by atoms with Crippen LogP contribution in [0, 0.1) is 5.92 Å². The Morgan fingerprint density at radius 1 is 1.38 bits per heavy atom. The van der Waals surface area contributed by atoms with Crippen molar-refractivity contribution >= 4 is 0 Å². The molecule has 16 heavy (non-hydrogen) atoms. The van der Waals surface area contributed by atoms with Crippen molar-refractivity contribution in [2.45, 2.75) is 46.3 Å². The van der Waals surface area contributed by atoms with Gasteiger partial charge in [-0.15, -0.1) is 0 Å². The fourth-order valence-electron chi connectivity index (χ4n) is 1.37. The van der Waals surface area contributed by atoms with E-state index < -0.39 is 0 Å². The van der Waals surface area contributed by atoms with E-state index in [4.69, 9.17) is 15.0 Å². The predicted octanol–water partition coefficient (Wildman–Crippen LogP) is 2.21. The van der Waals surface area contributed by atoms with Crippen LogP contribution in [0.5, 0.6) is 0 Å². The Morgan fingerprint density at radius 3 is 2.62 bits per heavy atom. The standard InChI is InChI=1S/C11H21N3O2/c1-5-7(3)9(12)11-13-10(14-16-11)8(4)15-6-2/h7-9H,5-6,12H2,1-4H3/t7-,8?,9-/m0/s1. The molecule has 0 aliphatic carbocycles. The molecule has 0 aromatic carbocycles. The summed E-state index contributed by atoms with van der Waals surface area (Å²) in [5.41, 5.74) is 6.00. The lowest BCUT2D eigenvalue weighted by Crippen LogP contribution is -2.19. The van der Waals surface area contributed by atoms with Crippen LogP contribution in [0.1, 0.15) is 58.0 Å². The highest BCUT2D eigenvalue weighted by Gasteiger charge is 2.21. The van der Waals surface area contributed by atoms with Gasteiger partial charge in [0.05, 0.1) is 6.04 Å².